The minimum absolute atomic E-state index is 0.133. The van der Waals surface area contributed by atoms with Gasteiger partial charge in [-0.3, -0.25) is 0 Å². The Kier molecular flexibility index (Phi) is 7.31. The third-order valence-electron chi connectivity index (χ3n) is 5.80. The molecular weight excluding hydrogens is 440 g/mol. The van der Waals surface area contributed by atoms with Gasteiger partial charge in [0.15, 0.2) is 23.0 Å². The van der Waals surface area contributed by atoms with Crippen molar-refractivity contribution in [3.05, 3.63) is 96.1 Å². The van der Waals surface area contributed by atoms with E-state index in [0.29, 0.717) is 45.9 Å². The second-order valence-corrected chi connectivity index (χ2v) is 8.12. The van der Waals surface area contributed by atoms with E-state index in [1.165, 1.54) is 0 Å². The molecular formula is C29H30N2O4. The van der Waals surface area contributed by atoms with E-state index in [2.05, 4.69) is 19.1 Å². The fraction of sp³-hybridized carbons (Fsp3) is 0.172. The molecule has 0 saturated heterocycles. The molecule has 6 nitrogen and oxygen atoms in total. The topological polar surface area (TPSA) is 89.0 Å². The summed E-state index contributed by atoms with van der Waals surface area (Å²) in [4.78, 5) is 0. The van der Waals surface area contributed by atoms with Crippen molar-refractivity contribution in [3.8, 4) is 34.5 Å². The summed E-state index contributed by atoms with van der Waals surface area (Å²) in [5, 5.41) is 0. The van der Waals surface area contributed by atoms with Crippen LogP contribution in [0.5, 0.6) is 34.5 Å². The fourth-order valence-corrected chi connectivity index (χ4v) is 3.96. The van der Waals surface area contributed by atoms with Crippen LogP contribution in [0, 0.1) is 0 Å². The normalized spacial score (nSPS) is 10.7. The maximum Gasteiger partial charge on any atom is 0.169 e. The monoisotopic (exact) mass is 470 g/mol. The molecule has 0 aromatic heterocycles. The molecule has 0 aliphatic rings. The molecule has 0 unspecified atom stereocenters. The number of hydrogen-bond acceptors (Lipinski definition) is 6. The Hall–Kier alpha value is -4.32. The van der Waals surface area contributed by atoms with Gasteiger partial charge in [0, 0.05) is 17.3 Å². The van der Waals surface area contributed by atoms with Crippen LogP contribution in [0.1, 0.15) is 30.4 Å². The van der Waals surface area contributed by atoms with Crippen molar-refractivity contribution in [2.24, 2.45) is 0 Å². The zero-order chi connectivity index (χ0) is 24.8. The van der Waals surface area contributed by atoms with Crippen LogP contribution in [0.3, 0.4) is 0 Å². The van der Waals surface area contributed by atoms with Gasteiger partial charge in [0.1, 0.15) is 11.5 Å². The number of ether oxygens (including phenoxy) is 4. The molecule has 4 aromatic rings. The van der Waals surface area contributed by atoms with Crippen LogP contribution in [0.25, 0.3) is 0 Å². The van der Waals surface area contributed by atoms with Crippen LogP contribution in [0.15, 0.2) is 84.9 Å². The first kappa shape index (κ1) is 23.8. The van der Waals surface area contributed by atoms with E-state index in [9.17, 15) is 0 Å². The van der Waals surface area contributed by atoms with Gasteiger partial charge in [-0.05, 0) is 90.3 Å². The molecule has 0 bridgehead atoms. The second kappa shape index (κ2) is 10.7. The van der Waals surface area contributed by atoms with Crippen molar-refractivity contribution in [2.45, 2.75) is 19.3 Å². The van der Waals surface area contributed by atoms with Crippen molar-refractivity contribution < 1.29 is 18.9 Å². The van der Waals surface area contributed by atoms with Gasteiger partial charge in [0.2, 0.25) is 0 Å². The molecule has 0 amide bonds. The van der Waals surface area contributed by atoms with Gasteiger partial charge >= 0.3 is 0 Å². The van der Waals surface area contributed by atoms with Crippen LogP contribution in [-0.2, 0) is 0 Å². The summed E-state index contributed by atoms with van der Waals surface area (Å²) >= 11 is 0. The quantitative estimate of drug-likeness (QED) is 0.256. The number of methoxy groups -OCH3 is 2. The third kappa shape index (κ3) is 5.61. The summed E-state index contributed by atoms with van der Waals surface area (Å²) in [7, 11) is 3.28. The van der Waals surface area contributed by atoms with Crippen molar-refractivity contribution in [1.82, 2.24) is 0 Å². The van der Waals surface area contributed by atoms with E-state index in [1.807, 2.05) is 48.5 Å². The summed E-state index contributed by atoms with van der Waals surface area (Å²) in [5.74, 6) is 4.12. The Morgan fingerprint density at radius 2 is 0.971 bits per heavy atom. The van der Waals surface area contributed by atoms with Gasteiger partial charge in [0.05, 0.1) is 14.2 Å². The summed E-state index contributed by atoms with van der Waals surface area (Å²) in [6.45, 7) is 2.15. The smallest absolute Gasteiger partial charge is 0.169 e. The van der Waals surface area contributed by atoms with E-state index < -0.39 is 0 Å². The first-order valence-corrected chi connectivity index (χ1v) is 11.4. The zero-order valence-corrected chi connectivity index (χ0v) is 20.2. The highest BCUT2D eigenvalue weighted by Gasteiger charge is 2.18. The molecule has 4 N–H and O–H groups in total. The SMILES string of the molecule is CCC(c1ccc(Oc2ccc(N)cc2)c(OC)c1)c1ccc(Oc2ccc(N)cc2)c(OC)c1. The lowest BCUT2D eigenvalue weighted by Crippen LogP contribution is -2.02. The van der Waals surface area contributed by atoms with Crippen LogP contribution in [-0.4, -0.2) is 14.2 Å². The van der Waals surface area contributed by atoms with E-state index in [0.717, 1.165) is 17.5 Å². The zero-order valence-electron chi connectivity index (χ0n) is 20.2. The van der Waals surface area contributed by atoms with Crippen molar-refractivity contribution in [1.29, 1.82) is 0 Å². The fourth-order valence-electron chi connectivity index (χ4n) is 3.96. The van der Waals surface area contributed by atoms with Crippen LogP contribution in [0.4, 0.5) is 11.4 Å². The number of nitrogen functional groups attached to an aromatic ring is 2. The molecule has 4 aromatic carbocycles. The standard InChI is InChI=1S/C29H30N2O4/c1-4-25(19-5-15-26(28(17-19)32-2)34-23-11-7-21(30)8-12-23)20-6-16-27(29(18-20)33-3)35-24-13-9-22(31)10-14-24/h5-18,25H,4,30-31H2,1-3H3. The Morgan fingerprint density at radius 1 is 0.571 bits per heavy atom. The van der Waals surface area contributed by atoms with Gasteiger partial charge in [-0.15, -0.1) is 0 Å². The lowest BCUT2D eigenvalue weighted by atomic mass is 9.88. The molecule has 0 fully saturated rings. The number of nitrogens with two attached hydrogens (primary N) is 2. The predicted molar refractivity (Wildman–Crippen MR) is 140 cm³/mol. The molecule has 180 valence electrons. The van der Waals surface area contributed by atoms with Gasteiger partial charge in [-0.1, -0.05) is 19.1 Å². The Morgan fingerprint density at radius 3 is 1.31 bits per heavy atom. The second-order valence-electron chi connectivity index (χ2n) is 8.12. The van der Waals surface area contributed by atoms with Crippen LogP contribution < -0.4 is 30.4 Å². The minimum atomic E-state index is 0.133. The van der Waals surface area contributed by atoms with Crippen molar-refractivity contribution in [3.63, 3.8) is 0 Å². The first-order chi connectivity index (χ1) is 17.0. The van der Waals surface area contributed by atoms with Crippen molar-refractivity contribution in [2.75, 3.05) is 25.7 Å². The molecule has 0 atom stereocenters. The number of benzene rings is 4. The minimum Gasteiger partial charge on any atom is -0.493 e. The number of anilines is 2. The molecule has 0 saturated carbocycles. The highest BCUT2D eigenvalue weighted by atomic mass is 16.5. The molecule has 0 heterocycles. The Labute approximate surface area is 206 Å². The maximum atomic E-state index is 6.02. The number of hydrogen-bond donors (Lipinski definition) is 2. The Balaban J connectivity index is 1.59. The summed E-state index contributed by atoms with van der Waals surface area (Å²) in [6, 6.07) is 26.6. The average molecular weight is 471 g/mol. The van der Waals surface area contributed by atoms with Gasteiger partial charge < -0.3 is 30.4 Å². The van der Waals surface area contributed by atoms with Crippen molar-refractivity contribution >= 4 is 11.4 Å². The predicted octanol–water partition coefficient (Wildman–Crippen LogP) is 6.99. The highest BCUT2D eigenvalue weighted by Crippen LogP contribution is 2.40. The lowest BCUT2D eigenvalue weighted by molar-refractivity contribution is 0.377. The van der Waals surface area contributed by atoms with E-state index >= 15 is 0 Å². The molecule has 4 rings (SSSR count). The lowest BCUT2D eigenvalue weighted by Gasteiger charge is -2.20. The van der Waals surface area contributed by atoms with Crippen LogP contribution in [0.2, 0.25) is 0 Å². The number of rotatable bonds is 9. The van der Waals surface area contributed by atoms with Gasteiger partial charge in [0.25, 0.3) is 0 Å². The average Bonchev–Trinajstić information content (AvgIpc) is 2.88. The molecule has 0 aliphatic carbocycles. The largest absolute Gasteiger partial charge is 0.493 e. The summed E-state index contributed by atoms with van der Waals surface area (Å²) in [6.07, 6.45) is 0.892. The van der Waals surface area contributed by atoms with Gasteiger partial charge in [-0.2, -0.15) is 0 Å². The highest BCUT2D eigenvalue weighted by molar-refractivity contribution is 5.52. The van der Waals surface area contributed by atoms with E-state index in [1.54, 1.807) is 38.5 Å². The molecule has 6 heteroatoms. The molecule has 35 heavy (non-hydrogen) atoms. The van der Waals surface area contributed by atoms with E-state index in [4.69, 9.17) is 30.4 Å². The molecule has 0 aliphatic heterocycles. The van der Waals surface area contributed by atoms with Gasteiger partial charge in [-0.25, -0.2) is 0 Å². The molecule has 0 spiro atoms. The van der Waals surface area contributed by atoms with E-state index in [-0.39, 0.29) is 5.92 Å². The summed E-state index contributed by atoms with van der Waals surface area (Å²) < 4.78 is 23.3. The summed E-state index contributed by atoms with van der Waals surface area (Å²) in [5.41, 5.74) is 15.1. The Bertz CT molecular complexity index is 1170. The third-order valence-corrected chi connectivity index (χ3v) is 5.80. The molecule has 0 radical (unpaired) electrons. The maximum absolute atomic E-state index is 6.02. The van der Waals surface area contributed by atoms with Crippen LogP contribution >= 0.6 is 0 Å². The first-order valence-electron chi connectivity index (χ1n) is 11.4.